The first-order valence-corrected chi connectivity index (χ1v) is 8.40. The molecular formula is C16H23N5O5. The van der Waals surface area contributed by atoms with Crippen LogP contribution in [-0.2, 0) is 35.0 Å². The van der Waals surface area contributed by atoms with Gasteiger partial charge in [-0.3, -0.25) is 19.0 Å². The lowest BCUT2D eigenvalue weighted by Gasteiger charge is -2.09. The highest BCUT2D eigenvalue weighted by atomic mass is 16.5. The Morgan fingerprint density at radius 1 is 1.23 bits per heavy atom. The van der Waals surface area contributed by atoms with Gasteiger partial charge in [0.25, 0.3) is 11.5 Å². The second kappa shape index (κ2) is 8.45. The molecule has 0 bridgehead atoms. The van der Waals surface area contributed by atoms with Crippen LogP contribution in [0.2, 0.25) is 0 Å². The molecule has 2 aromatic heterocycles. The van der Waals surface area contributed by atoms with E-state index in [0.29, 0.717) is 6.54 Å². The van der Waals surface area contributed by atoms with E-state index in [0.717, 1.165) is 23.8 Å². The van der Waals surface area contributed by atoms with Gasteiger partial charge in [-0.25, -0.2) is 14.3 Å². The predicted octanol–water partition coefficient (Wildman–Crippen LogP) is -0.717. The zero-order valence-corrected chi connectivity index (χ0v) is 15.2. The average Bonchev–Trinajstić information content (AvgIpc) is 3.00. The number of rotatable bonds is 8. The average molecular weight is 365 g/mol. The molecule has 2 aromatic rings. The number of aromatic nitrogens is 4. The van der Waals surface area contributed by atoms with Crippen molar-refractivity contribution in [2.75, 3.05) is 13.2 Å². The van der Waals surface area contributed by atoms with E-state index in [2.05, 4.69) is 17.2 Å². The summed E-state index contributed by atoms with van der Waals surface area (Å²) in [6.07, 6.45) is 4.31. The molecule has 1 N–H and O–H groups in total. The smallest absolute Gasteiger partial charge is 0.333 e. The van der Waals surface area contributed by atoms with Gasteiger partial charge in [-0.05, 0) is 6.42 Å². The molecule has 0 aliphatic heterocycles. The highest BCUT2D eigenvalue weighted by Crippen LogP contribution is 2.02. The van der Waals surface area contributed by atoms with Crippen LogP contribution in [0.15, 0.2) is 15.9 Å². The first kappa shape index (κ1) is 19.4. The maximum absolute atomic E-state index is 12.5. The van der Waals surface area contributed by atoms with Crippen LogP contribution in [0.5, 0.6) is 0 Å². The van der Waals surface area contributed by atoms with Crippen molar-refractivity contribution >= 4 is 23.0 Å². The summed E-state index contributed by atoms with van der Waals surface area (Å²) in [7, 11) is 3.08. The zero-order chi connectivity index (χ0) is 19.3. The Morgan fingerprint density at radius 3 is 2.65 bits per heavy atom. The van der Waals surface area contributed by atoms with Crippen molar-refractivity contribution in [3.8, 4) is 0 Å². The van der Waals surface area contributed by atoms with Gasteiger partial charge in [0.2, 0.25) is 0 Å². The minimum absolute atomic E-state index is 0.202. The van der Waals surface area contributed by atoms with Crippen molar-refractivity contribution in [3.05, 3.63) is 27.2 Å². The van der Waals surface area contributed by atoms with Crippen LogP contribution < -0.4 is 16.6 Å². The van der Waals surface area contributed by atoms with Gasteiger partial charge in [-0.1, -0.05) is 19.8 Å². The molecular weight excluding hydrogens is 342 g/mol. The van der Waals surface area contributed by atoms with Crippen LogP contribution in [0.25, 0.3) is 11.2 Å². The SMILES string of the molecule is CCCCCNC(=O)COC(=O)Cn1c(=O)c2c(ncn2C)n(C)c1=O. The Morgan fingerprint density at radius 2 is 1.96 bits per heavy atom. The number of hydrogen-bond donors (Lipinski definition) is 1. The number of aryl methyl sites for hydroxylation is 2. The van der Waals surface area contributed by atoms with Crippen LogP contribution >= 0.6 is 0 Å². The summed E-state index contributed by atoms with van der Waals surface area (Å²) >= 11 is 0. The van der Waals surface area contributed by atoms with E-state index in [-0.39, 0.29) is 11.2 Å². The molecule has 1 amide bonds. The number of amides is 1. The van der Waals surface area contributed by atoms with Gasteiger partial charge in [0.1, 0.15) is 6.54 Å². The van der Waals surface area contributed by atoms with Gasteiger partial charge >= 0.3 is 11.7 Å². The number of fused-ring (bicyclic) bond motifs is 1. The molecule has 0 spiro atoms. The molecule has 0 aliphatic rings. The fraction of sp³-hybridized carbons (Fsp3) is 0.562. The maximum Gasteiger partial charge on any atom is 0.333 e. The van der Waals surface area contributed by atoms with Crippen LogP contribution in [-0.4, -0.2) is 43.7 Å². The molecule has 0 radical (unpaired) electrons. The third-order valence-corrected chi connectivity index (χ3v) is 3.95. The van der Waals surface area contributed by atoms with Crippen LogP contribution in [0.4, 0.5) is 0 Å². The number of nitrogens with zero attached hydrogens (tertiary/aromatic N) is 4. The van der Waals surface area contributed by atoms with Crippen molar-refractivity contribution in [3.63, 3.8) is 0 Å². The van der Waals surface area contributed by atoms with E-state index in [1.165, 1.54) is 22.5 Å². The summed E-state index contributed by atoms with van der Waals surface area (Å²) in [6, 6.07) is 0. The third-order valence-electron chi connectivity index (χ3n) is 3.95. The molecule has 0 aliphatic carbocycles. The van der Waals surface area contributed by atoms with Gasteiger partial charge in [0.15, 0.2) is 17.8 Å². The van der Waals surface area contributed by atoms with E-state index in [4.69, 9.17) is 4.74 Å². The number of imidazole rings is 1. The van der Waals surface area contributed by atoms with Gasteiger partial charge < -0.3 is 14.6 Å². The Balaban J connectivity index is 2.03. The number of carbonyl (C=O) groups excluding carboxylic acids is 2. The largest absolute Gasteiger partial charge is 0.454 e. The van der Waals surface area contributed by atoms with Gasteiger partial charge in [0.05, 0.1) is 6.33 Å². The van der Waals surface area contributed by atoms with Crippen molar-refractivity contribution in [1.82, 2.24) is 24.0 Å². The van der Waals surface area contributed by atoms with Crippen LogP contribution in [0.3, 0.4) is 0 Å². The third kappa shape index (κ3) is 4.19. The molecule has 10 heteroatoms. The molecule has 2 heterocycles. The standard InChI is InChI=1S/C16H23N5O5/c1-4-5-6-7-17-11(22)9-26-12(23)8-21-15(24)13-14(18-10-19(13)2)20(3)16(21)25/h10H,4-9H2,1-3H3,(H,17,22). The van der Waals surface area contributed by atoms with Crippen LogP contribution in [0.1, 0.15) is 26.2 Å². The van der Waals surface area contributed by atoms with Gasteiger partial charge in [0, 0.05) is 20.6 Å². The second-order valence-electron chi connectivity index (χ2n) is 5.98. The second-order valence-corrected chi connectivity index (χ2v) is 5.98. The lowest BCUT2D eigenvalue weighted by molar-refractivity contribution is -0.149. The number of hydrogen-bond acceptors (Lipinski definition) is 6. The number of unbranched alkanes of at least 4 members (excludes halogenated alkanes) is 2. The van der Waals surface area contributed by atoms with Gasteiger partial charge in [-0.15, -0.1) is 0 Å². The lowest BCUT2D eigenvalue weighted by Crippen LogP contribution is -2.42. The minimum Gasteiger partial charge on any atom is -0.454 e. The highest BCUT2D eigenvalue weighted by molar-refractivity contribution is 5.80. The Kier molecular flexibility index (Phi) is 6.31. The molecule has 26 heavy (non-hydrogen) atoms. The summed E-state index contributed by atoms with van der Waals surface area (Å²) in [5, 5.41) is 2.63. The van der Waals surface area contributed by atoms with Crippen molar-refractivity contribution in [1.29, 1.82) is 0 Å². The van der Waals surface area contributed by atoms with E-state index in [1.54, 1.807) is 7.05 Å². The van der Waals surface area contributed by atoms with Crippen molar-refractivity contribution < 1.29 is 14.3 Å². The first-order valence-electron chi connectivity index (χ1n) is 8.40. The minimum atomic E-state index is -0.838. The molecule has 2 rings (SSSR count). The number of carbonyl (C=O) groups is 2. The zero-order valence-electron chi connectivity index (χ0n) is 15.2. The highest BCUT2D eigenvalue weighted by Gasteiger charge is 2.18. The quantitative estimate of drug-likeness (QED) is 0.487. The molecule has 10 nitrogen and oxygen atoms in total. The molecule has 0 atom stereocenters. The predicted molar refractivity (Wildman–Crippen MR) is 93.7 cm³/mol. The van der Waals surface area contributed by atoms with Gasteiger partial charge in [-0.2, -0.15) is 0 Å². The van der Waals surface area contributed by atoms with E-state index >= 15 is 0 Å². The summed E-state index contributed by atoms with van der Waals surface area (Å²) in [4.78, 5) is 52.3. The first-order chi connectivity index (χ1) is 12.4. The van der Waals surface area contributed by atoms with E-state index < -0.39 is 36.3 Å². The normalized spacial score (nSPS) is 10.9. The van der Waals surface area contributed by atoms with Crippen LogP contribution in [0, 0.1) is 0 Å². The molecule has 0 aromatic carbocycles. The Bertz CT molecular complexity index is 923. The maximum atomic E-state index is 12.5. The molecule has 142 valence electrons. The van der Waals surface area contributed by atoms with E-state index in [9.17, 15) is 19.2 Å². The van der Waals surface area contributed by atoms with Crippen molar-refractivity contribution in [2.45, 2.75) is 32.7 Å². The Labute approximate surface area is 149 Å². The van der Waals surface area contributed by atoms with E-state index in [1.807, 2.05) is 0 Å². The fourth-order valence-electron chi connectivity index (χ4n) is 2.51. The summed E-state index contributed by atoms with van der Waals surface area (Å²) in [5.41, 5.74) is -0.877. The summed E-state index contributed by atoms with van der Waals surface area (Å²) in [5.74, 6) is -1.26. The molecule has 0 saturated carbocycles. The lowest BCUT2D eigenvalue weighted by atomic mass is 10.2. The monoisotopic (exact) mass is 365 g/mol. The summed E-state index contributed by atoms with van der Waals surface area (Å²) < 4.78 is 8.29. The topological polar surface area (TPSA) is 117 Å². The number of nitrogens with one attached hydrogen (secondary N) is 1. The Hall–Kier alpha value is -2.91. The molecule has 0 unspecified atom stereocenters. The number of esters is 1. The fourth-order valence-corrected chi connectivity index (χ4v) is 2.51. The van der Waals surface area contributed by atoms with Crippen molar-refractivity contribution in [2.24, 2.45) is 14.1 Å². The molecule has 0 fully saturated rings. The number of ether oxygens (including phenoxy) is 1. The molecule has 0 saturated heterocycles. The summed E-state index contributed by atoms with van der Waals surface area (Å²) in [6.45, 7) is 1.55.